The van der Waals surface area contributed by atoms with Crippen LogP contribution in [0.15, 0.2) is 109 Å². The van der Waals surface area contributed by atoms with Gasteiger partial charge in [0, 0.05) is 24.2 Å². The Bertz CT molecular complexity index is 1070. The van der Waals surface area contributed by atoms with Gasteiger partial charge in [0.25, 0.3) is 0 Å². The lowest BCUT2D eigenvalue weighted by molar-refractivity contribution is 0.390. The van der Waals surface area contributed by atoms with Gasteiger partial charge in [0.15, 0.2) is 5.11 Å². The van der Waals surface area contributed by atoms with Gasteiger partial charge in [-0.25, -0.2) is 0 Å². The lowest BCUT2D eigenvalue weighted by Crippen LogP contribution is -2.37. The Morgan fingerprint density at radius 2 is 1.28 bits per heavy atom. The minimum atomic E-state index is 0.477. The number of rotatable bonds is 7. The van der Waals surface area contributed by atoms with Crippen LogP contribution in [0.2, 0.25) is 0 Å². The minimum Gasteiger partial charge on any atom is -0.336 e. The van der Waals surface area contributed by atoms with Gasteiger partial charge in [-0.05, 0) is 48.6 Å². The predicted molar refractivity (Wildman–Crippen MR) is 130 cm³/mol. The molecule has 0 fully saturated rings. The summed E-state index contributed by atoms with van der Waals surface area (Å²) in [6.45, 7) is 1.06. The third-order valence-electron chi connectivity index (χ3n) is 4.66. The van der Waals surface area contributed by atoms with Crippen LogP contribution in [0.1, 0.15) is 22.6 Å². The molecule has 0 bridgehead atoms. The topological polar surface area (TPSA) is 66.3 Å². The summed E-state index contributed by atoms with van der Waals surface area (Å²) in [5, 5.41) is 5.13. The fourth-order valence-electron chi connectivity index (χ4n) is 3.12. The molecule has 0 unspecified atom stereocenters. The Labute approximate surface area is 192 Å². The van der Waals surface area contributed by atoms with Crippen molar-refractivity contribution in [1.82, 2.24) is 25.3 Å². The van der Waals surface area contributed by atoms with Gasteiger partial charge in [-0.2, -0.15) is 5.10 Å². The minimum absolute atomic E-state index is 0.477. The lowest BCUT2D eigenvalue weighted by Gasteiger charge is -2.24. The first-order chi connectivity index (χ1) is 15.8. The van der Waals surface area contributed by atoms with E-state index < -0.39 is 0 Å². The van der Waals surface area contributed by atoms with Gasteiger partial charge < -0.3 is 4.90 Å². The van der Waals surface area contributed by atoms with E-state index in [0.717, 1.165) is 22.6 Å². The number of hydrogen-bond acceptors (Lipinski definition) is 5. The van der Waals surface area contributed by atoms with Crippen LogP contribution in [0.5, 0.6) is 0 Å². The van der Waals surface area contributed by atoms with Crippen LogP contribution in [0.3, 0.4) is 0 Å². The summed E-state index contributed by atoms with van der Waals surface area (Å²) in [4.78, 5) is 15.3. The number of thiocarbonyl (C=S) groups is 1. The van der Waals surface area contributed by atoms with Crippen LogP contribution in [-0.2, 0) is 13.1 Å². The molecule has 0 aliphatic carbocycles. The number of hydrogen-bond donors (Lipinski definition) is 1. The van der Waals surface area contributed by atoms with Gasteiger partial charge in [0.2, 0.25) is 0 Å². The summed E-state index contributed by atoms with van der Waals surface area (Å²) in [7, 11) is 0. The monoisotopic (exact) mass is 438 g/mol. The molecule has 0 aliphatic heterocycles. The highest BCUT2D eigenvalue weighted by Crippen LogP contribution is 2.10. The Morgan fingerprint density at radius 3 is 1.81 bits per heavy atom. The third kappa shape index (κ3) is 5.80. The van der Waals surface area contributed by atoms with Crippen molar-refractivity contribution in [3.8, 4) is 0 Å². The SMILES string of the molecule is S=C(N/N=C(\c1ccccc1)c1ccccn1)N(Cc1ccccn1)Cc1ccccn1. The quantitative estimate of drug-likeness (QED) is 0.265. The summed E-state index contributed by atoms with van der Waals surface area (Å²) in [6, 6.07) is 27.3. The number of nitrogens with zero attached hydrogens (tertiary/aromatic N) is 5. The zero-order valence-corrected chi connectivity index (χ0v) is 18.2. The number of pyridine rings is 3. The first kappa shape index (κ1) is 21.3. The van der Waals surface area contributed by atoms with Crippen molar-refractivity contribution in [3.63, 3.8) is 0 Å². The maximum Gasteiger partial charge on any atom is 0.190 e. The fourth-order valence-corrected chi connectivity index (χ4v) is 3.29. The highest BCUT2D eigenvalue weighted by molar-refractivity contribution is 7.80. The molecule has 4 aromatic rings. The fraction of sp³-hybridized carbons (Fsp3) is 0.0800. The molecule has 4 rings (SSSR count). The highest BCUT2D eigenvalue weighted by Gasteiger charge is 2.14. The summed E-state index contributed by atoms with van der Waals surface area (Å²) in [5.74, 6) is 0. The molecule has 0 amide bonds. The second-order valence-corrected chi connectivity index (χ2v) is 7.34. The van der Waals surface area contributed by atoms with Gasteiger partial charge in [-0.1, -0.05) is 48.5 Å². The maximum absolute atomic E-state index is 5.72. The first-order valence-corrected chi connectivity index (χ1v) is 10.6. The van der Waals surface area contributed by atoms with Crippen LogP contribution in [0.4, 0.5) is 0 Å². The summed E-state index contributed by atoms with van der Waals surface area (Å²) < 4.78 is 0. The van der Waals surface area contributed by atoms with E-state index in [9.17, 15) is 0 Å². The number of hydrazone groups is 1. The Morgan fingerprint density at radius 1 is 0.719 bits per heavy atom. The molecule has 0 saturated heterocycles. The largest absolute Gasteiger partial charge is 0.336 e. The molecular formula is C25H22N6S. The number of nitrogens with one attached hydrogen (secondary N) is 1. The Hall–Kier alpha value is -3.97. The molecule has 0 atom stereocenters. The first-order valence-electron chi connectivity index (χ1n) is 10.2. The number of aromatic nitrogens is 3. The molecule has 0 radical (unpaired) electrons. The van der Waals surface area contributed by atoms with E-state index in [2.05, 4.69) is 25.5 Å². The molecular weight excluding hydrogens is 416 g/mol. The van der Waals surface area contributed by atoms with E-state index in [1.54, 1.807) is 18.6 Å². The van der Waals surface area contributed by atoms with E-state index >= 15 is 0 Å². The zero-order chi connectivity index (χ0) is 22.0. The van der Waals surface area contributed by atoms with E-state index in [0.29, 0.717) is 23.9 Å². The Kier molecular flexibility index (Phi) is 7.23. The van der Waals surface area contributed by atoms with Crippen LogP contribution in [-0.4, -0.2) is 30.7 Å². The van der Waals surface area contributed by atoms with Gasteiger partial charge >= 0.3 is 0 Å². The van der Waals surface area contributed by atoms with Gasteiger partial charge in [0.1, 0.15) is 5.71 Å². The molecule has 3 aromatic heterocycles. The Balaban J connectivity index is 1.59. The molecule has 6 nitrogen and oxygen atoms in total. The summed E-state index contributed by atoms with van der Waals surface area (Å²) >= 11 is 5.72. The zero-order valence-electron chi connectivity index (χ0n) is 17.4. The third-order valence-corrected chi connectivity index (χ3v) is 5.01. The average Bonchev–Trinajstić information content (AvgIpc) is 2.86. The van der Waals surface area contributed by atoms with E-state index in [-0.39, 0.29) is 0 Å². The van der Waals surface area contributed by atoms with Crippen molar-refractivity contribution >= 4 is 23.0 Å². The molecule has 0 aliphatic rings. The molecule has 1 aromatic carbocycles. The molecule has 3 heterocycles. The van der Waals surface area contributed by atoms with Crippen molar-refractivity contribution in [3.05, 3.63) is 126 Å². The second kappa shape index (κ2) is 10.9. The number of benzene rings is 1. The van der Waals surface area contributed by atoms with Crippen molar-refractivity contribution in [2.75, 3.05) is 0 Å². The summed E-state index contributed by atoms with van der Waals surface area (Å²) in [5.41, 5.74) is 7.30. The molecule has 7 heteroatoms. The van der Waals surface area contributed by atoms with E-state index in [1.165, 1.54) is 0 Å². The molecule has 0 saturated carbocycles. The van der Waals surface area contributed by atoms with Crippen LogP contribution >= 0.6 is 12.2 Å². The molecule has 158 valence electrons. The molecule has 1 N–H and O–H groups in total. The maximum atomic E-state index is 5.72. The van der Waals surface area contributed by atoms with Crippen molar-refractivity contribution in [2.45, 2.75) is 13.1 Å². The van der Waals surface area contributed by atoms with E-state index in [4.69, 9.17) is 12.2 Å². The van der Waals surface area contributed by atoms with Gasteiger partial charge in [0.05, 0.1) is 30.2 Å². The van der Waals surface area contributed by atoms with Crippen molar-refractivity contribution in [2.24, 2.45) is 5.10 Å². The van der Waals surface area contributed by atoms with Crippen molar-refractivity contribution in [1.29, 1.82) is 0 Å². The average molecular weight is 439 g/mol. The predicted octanol–water partition coefficient (Wildman–Crippen LogP) is 4.20. The highest BCUT2D eigenvalue weighted by atomic mass is 32.1. The van der Waals surface area contributed by atoms with Gasteiger partial charge in [-0.15, -0.1) is 0 Å². The summed E-state index contributed by atoms with van der Waals surface area (Å²) in [6.07, 6.45) is 5.30. The van der Waals surface area contributed by atoms with Gasteiger partial charge in [-0.3, -0.25) is 20.4 Å². The standard InChI is InChI=1S/C25H22N6S/c32-25(30-29-24(20-10-2-1-3-11-20)23-14-6-9-17-28-23)31(18-21-12-4-7-15-26-21)19-22-13-5-8-16-27-22/h1-17H,18-19H2,(H,30,32)/b29-24+. The lowest BCUT2D eigenvalue weighted by atomic mass is 10.1. The van der Waals surface area contributed by atoms with Crippen molar-refractivity contribution < 1.29 is 0 Å². The smallest absolute Gasteiger partial charge is 0.190 e. The second-order valence-electron chi connectivity index (χ2n) is 6.96. The van der Waals surface area contributed by atoms with E-state index in [1.807, 2.05) is 89.8 Å². The van der Waals surface area contributed by atoms with Crippen LogP contribution in [0.25, 0.3) is 0 Å². The molecule has 0 spiro atoms. The normalized spacial score (nSPS) is 11.1. The van der Waals surface area contributed by atoms with Crippen LogP contribution < -0.4 is 5.43 Å². The van der Waals surface area contributed by atoms with Crippen LogP contribution in [0, 0.1) is 0 Å². The molecule has 32 heavy (non-hydrogen) atoms.